The highest BCUT2D eigenvalue weighted by Crippen LogP contribution is 2.29. The predicted octanol–water partition coefficient (Wildman–Crippen LogP) is 2.59. The summed E-state index contributed by atoms with van der Waals surface area (Å²) in [6.07, 6.45) is 2.98. The summed E-state index contributed by atoms with van der Waals surface area (Å²) in [5.74, 6) is 0. The van der Waals surface area contributed by atoms with Crippen LogP contribution in [0.2, 0.25) is 5.02 Å². The number of ether oxygens (including phenoxy) is 1. The first-order valence-electron chi connectivity index (χ1n) is 7.26. The number of pyridine rings is 1. The van der Waals surface area contributed by atoms with Crippen molar-refractivity contribution in [1.29, 1.82) is 0 Å². The number of aromatic nitrogens is 1. The fraction of sp³-hybridized carbons (Fsp3) is 0.667. The molecule has 2 heterocycles. The zero-order chi connectivity index (χ0) is 14.5. The van der Waals surface area contributed by atoms with Gasteiger partial charge in [0.25, 0.3) is 0 Å². The molecule has 1 atom stereocenters. The number of piperazine rings is 1. The van der Waals surface area contributed by atoms with E-state index in [0.717, 1.165) is 55.6 Å². The van der Waals surface area contributed by atoms with Gasteiger partial charge in [-0.3, -0.25) is 9.88 Å². The summed E-state index contributed by atoms with van der Waals surface area (Å²) in [7, 11) is 1.76. The number of nitrogens with zero attached hydrogens (tertiary/aromatic N) is 3. The third kappa shape index (κ3) is 3.43. The van der Waals surface area contributed by atoms with Gasteiger partial charge in [-0.1, -0.05) is 18.5 Å². The zero-order valence-corrected chi connectivity index (χ0v) is 13.4. The topological polar surface area (TPSA) is 28.6 Å². The van der Waals surface area contributed by atoms with Gasteiger partial charge in [0.1, 0.15) is 0 Å². The molecule has 0 N–H and O–H groups in total. The minimum atomic E-state index is 0.559. The first-order valence-corrected chi connectivity index (χ1v) is 7.64. The van der Waals surface area contributed by atoms with Crippen LogP contribution in [0.1, 0.15) is 19.0 Å². The zero-order valence-electron chi connectivity index (χ0n) is 12.6. The minimum absolute atomic E-state index is 0.559. The maximum Gasteiger partial charge on any atom is 0.0851 e. The van der Waals surface area contributed by atoms with Crippen LogP contribution in [0.5, 0.6) is 0 Å². The first kappa shape index (κ1) is 15.5. The molecule has 1 aliphatic heterocycles. The molecule has 112 valence electrons. The summed E-state index contributed by atoms with van der Waals surface area (Å²) in [6, 6.07) is 2.58. The molecular weight excluding hydrogens is 274 g/mol. The second-order valence-corrected chi connectivity index (χ2v) is 5.64. The van der Waals surface area contributed by atoms with E-state index >= 15 is 0 Å². The Bertz CT molecular complexity index is 441. The van der Waals surface area contributed by atoms with Gasteiger partial charge in [0.05, 0.1) is 23.0 Å². The average molecular weight is 298 g/mol. The van der Waals surface area contributed by atoms with Gasteiger partial charge in [-0.2, -0.15) is 0 Å². The molecule has 0 radical (unpaired) electrons. The largest absolute Gasteiger partial charge is 0.383 e. The lowest BCUT2D eigenvalue weighted by atomic mass is 10.1. The Morgan fingerprint density at radius 3 is 2.95 bits per heavy atom. The molecule has 0 unspecified atom stereocenters. The second kappa shape index (κ2) is 7.25. The molecule has 4 nitrogen and oxygen atoms in total. The molecular formula is C15H24ClN3O. The Hall–Kier alpha value is -0.840. The summed E-state index contributed by atoms with van der Waals surface area (Å²) in [5.41, 5.74) is 2.02. The highest BCUT2D eigenvalue weighted by atomic mass is 35.5. The monoisotopic (exact) mass is 297 g/mol. The van der Waals surface area contributed by atoms with Crippen LogP contribution in [0.3, 0.4) is 0 Å². The van der Waals surface area contributed by atoms with Crippen LogP contribution in [-0.4, -0.2) is 55.8 Å². The van der Waals surface area contributed by atoms with E-state index < -0.39 is 0 Å². The van der Waals surface area contributed by atoms with E-state index in [9.17, 15) is 0 Å². The number of hydrogen-bond donors (Lipinski definition) is 0. The summed E-state index contributed by atoms with van der Waals surface area (Å²) >= 11 is 6.40. The fourth-order valence-corrected chi connectivity index (χ4v) is 3.01. The van der Waals surface area contributed by atoms with E-state index in [-0.39, 0.29) is 0 Å². The van der Waals surface area contributed by atoms with Gasteiger partial charge in [-0.25, -0.2) is 0 Å². The molecule has 1 saturated heterocycles. The molecule has 0 spiro atoms. The number of methoxy groups -OCH3 is 1. The van der Waals surface area contributed by atoms with Crippen molar-refractivity contribution >= 4 is 17.3 Å². The van der Waals surface area contributed by atoms with E-state index in [2.05, 4.69) is 21.7 Å². The Kier molecular flexibility index (Phi) is 5.64. The van der Waals surface area contributed by atoms with Crippen LogP contribution in [0.25, 0.3) is 0 Å². The number of halogens is 1. The molecule has 0 amide bonds. The second-order valence-electron chi connectivity index (χ2n) is 5.27. The Labute approximate surface area is 126 Å². The third-order valence-corrected chi connectivity index (χ3v) is 4.51. The molecule has 1 fully saturated rings. The van der Waals surface area contributed by atoms with E-state index in [1.54, 1.807) is 7.11 Å². The Balaban J connectivity index is 2.07. The van der Waals surface area contributed by atoms with Crippen molar-refractivity contribution in [3.8, 4) is 0 Å². The van der Waals surface area contributed by atoms with Crippen LogP contribution in [-0.2, 0) is 4.74 Å². The van der Waals surface area contributed by atoms with Gasteiger partial charge >= 0.3 is 0 Å². The van der Waals surface area contributed by atoms with Crippen LogP contribution < -0.4 is 4.90 Å². The van der Waals surface area contributed by atoms with Crippen molar-refractivity contribution in [2.24, 2.45) is 0 Å². The van der Waals surface area contributed by atoms with Crippen LogP contribution >= 0.6 is 11.6 Å². The predicted molar refractivity (Wildman–Crippen MR) is 83.7 cm³/mol. The summed E-state index contributed by atoms with van der Waals surface area (Å²) < 4.78 is 5.20. The number of anilines is 1. The van der Waals surface area contributed by atoms with Gasteiger partial charge < -0.3 is 9.64 Å². The standard InChI is InChI=1S/C15H24ClN3O/c1-4-13-11-19(8-7-18(13)9-10-20-3)14-5-6-17-12(2)15(14)16/h5-6,13H,4,7-11H2,1-3H3/t13-/m1/s1. The highest BCUT2D eigenvalue weighted by Gasteiger charge is 2.26. The normalized spacial score (nSPS) is 20.4. The maximum absolute atomic E-state index is 6.40. The van der Waals surface area contributed by atoms with E-state index in [4.69, 9.17) is 16.3 Å². The lowest BCUT2D eigenvalue weighted by molar-refractivity contribution is 0.109. The average Bonchev–Trinajstić information content (AvgIpc) is 2.48. The molecule has 5 heteroatoms. The molecule has 1 aromatic rings. The highest BCUT2D eigenvalue weighted by molar-refractivity contribution is 6.33. The molecule has 1 aromatic heterocycles. The van der Waals surface area contributed by atoms with Gasteiger partial charge in [-0.05, 0) is 19.4 Å². The lowest BCUT2D eigenvalue weighted by Crippen LogP contribution is -2.53. The van der Waals surface area contributed by atoms with Gasteiger partial charge in [0.2, 0.25) is 0 Å². The van der Waals surface area contributed by atoms with Crippen LogP contribution in [0, 0.1) is 6.92 Å². The van der Waals surface area contributed by atoms with Crippen molar-refractivity contribution < 1.29 is 4.74 Å². The SMILES string of the molecule is CC[C@@H]1CN(c2ccnc(C)c2Cl)CCN1CCOC. The lowest BCUT2D eigenvalue weighted by Gasteiger charge is -2.42. The molecule has 1 aliphatic rings. The smallest absolute Gasteiger partial charge is 0.0851 e. The summed E-state index contributed by atoms with van der Waals surface area (Å²) in [4.78, 5) is 9.14. The first-order chi connectivity index (χ1) is 9.67. The van der Waals surface area contributed by atoms with Crippen LogP contribution in [0.15, 0.2) is 12.3 Å². The minimum Gasteiger partial charge on any atom is -0.383 e. The van der Waals surface area contributed by atoms with Gasteiger partial charge in [-0.15, -0.1) is 0 Å². The molecule has 0 aliphatic carbocycles. The summed E-state index contributed by atoms with van der Waals surface area (Å²) in [5, 5.41) is 0.785. The van der Waals surface area contributed by atoms with Gasteiger partial charge in [0, 0.05) is 45.5 Å². The van der Waals surface area contributed by atoms with E-state index in [1.165, 1.54) is 0 Å². The Morgan fingerprint density at radius 1 is 1.45 bits per heavy atom. The van der Waals surface area contributed by atoms with E-state index in [0.29, 0.717) is 6.04 Å². The number of rotatable bonds is 5. The van der Waals surface area contributed by atoms with Crippen molar-refractivity contribution in [3.05, 3.63) is 23.0 Å². The van der Waals surface area contributed by atoms with Crippen molar-refractivity contribution in [3.63, 3.8) is 0 Å². The molecule has 0 saturated carbocycles. The third-order valence-electron chi connectivity index (χ3n) is 4.04. The van der Waals surface area contributed by atoms with Crippen molar-refractivity contribution in [2.45, 2.75) is 26.3 Å². The fourth-order valence-electron chi connectivity index (χ4n) is 2.78. The maximum atomic E-state index is 6.40. The number of hydrogen-bond acceptors (Lipinski definition) is 4. The quantitative estimate of drug-likeness (QED) is 0.835. The molecule has 2 rings (SSSR count). The van der Waals surface area contributed by atoms with Crippen molar-refractivity contribution in [1.82, 2.24) is 9.88 Å². The van der Waals surface area contributed by atoms with Gasteiger partial charge in [0.15, 0.2) is 0 Å². The molecule has 0 aromatic carbocycles. The number of aryl methyl sites for hydroxylation is 1. The molecule has 0 bridgehead atoms. The Morgan fingerprint density at radius 2 is 2.25 bits per heavy atom. The van der Waals surface area contributed by atoms with Crippen LogP contribution in [0.4, 0.5) is 5.69 Å². The van der Waals surface area contributed by atoms with Crippen molar-refractivity contribution in [2.75, 3.05) is 44.8 Å². The summed E-state index contributed by atoms with van der Waals surface area (Å²) in [6.45, 7) is 9.08. The molecule has 20 heavy (non-hydrogen) atoms. The van der Waals surface area contributed by atoms with E-state index in [1.807, 2.05) is 19.2 Å².